The molecular formula is C15H20FNO2. The Balaban J connectivity index is 2.01. The second-order valence-electron chi connectivity index (χ2n) is 5.22. The lowest BCUT2D eigenvalue weighted by Gasteiger charge is -2.31. The molecule has 19 heavy (non-hydrogen) atoms. The van der Waals surface area contributed by atoms with Gasteiger partial charge in [0.25, 0.3) is 0 Å². The highest BCUT2D eigenvalue weighted by molar-refractivity contribution is 5.66. The third-order valence-electron chi connectivity index (χ3n) is 3.88. The zero-order valence-corrected chi connectivity index (χ0v) is 11.0. The zero-order chi connectivity index (χ0) is 13.7. The maximum Gasteiger partial charge on any atom is 0.303 e. The van der Waals surface area contributed by atoms with E-state index in [4.69, 9.17) is 5.11 Å². The van der Waals surface area contributed by atoms with E-state index in [0.717, 1.165) is 31.2 Å². The highest BCUT2D eigenvalue weighted by atomic mass is 19.1. The van der Waals surface area contributed by atoms with E-state index in [2.05, 4.69) is 5.32 Å². The topological polar surface area (TPSA) is 49.3 Å². The zero-order valence-electron chi connectivity index (χ0n) is 11.0. The summed E-state index contributed by atoms with van der Waals surface area (Å²) in [6, 6.07) is 6.67. The molecule has 0 bridgehead atoms. The quantitative estimate of drug-likeness (QED) is 0.777. The van der Waals surface area contributed by atoms with Gasteiger partial charge in [-0.2, -0.15) is 0 Å². The Kier molecular flexibility index (Phi) is 4.53. The predicted molar refractivity (Wildman–Crippen MR) is 71.4 cm³/mol. The molecule has 3 nitrogen and oxygen atoms in total. The number of halogens is 1. The number of nitrogens with one attached hydrogen (secondary N) is 1. The van der Waals surface area contributed by atoms with E-state index in [-0.39, 0.29) is 17.8 Å². The van der Waals surface area contributed by atoms with Crippen molar-refractivity contribution in [3.05, 3.63) is 35.6 Å². The molecule has 1 aromatic carbocycles. The normalized spacial score (nSPS) is 17.5. The van der Waals surface area contributed by atoms with Gasteiger partial charge in [-0.15, -0.1) is 0 Å². The molecule has 0 heterocycles. The Labute approximate surface area is 112 Å². The van der Waals surface area contributed by atoms with Crippen molar-refractivity contribution in [3.63, 3.8) is 0 Å². The van der Waals surface area contributed by atoms with Gasteiger partial charge in [-0.3, -0.25) is 4.79 Å². The molecule has 2 rings (SSSR count). The van der Waals surface area contributed by atoms with Crippen molar-refractivity contribution in [3.8, 4) is 0 Å². The highest BCUT2D eigenvalue weighted by Gasteiger charge is 2.34. The molecular weight excluding hydrogens is 245 g/mol. The minimum Gasteiger partial charge on any atom is -0.481 e. The molecule has 0 atom stereocenters. The molecule has 0 saturated heterocycles. The summed E-state index contributed by atoms with van der Waals surface area (Å²) in [5, 5.41) is 12.1. The van der Waals surface area contributed by atoms with Gasteiger partial charge in [0, 0.05) is 12.0 Å². The van der Waals surface area contributed by atoms with Crippen molar-refractivity contribution < 1.29 is 14.3 Å². The van der Waals surface area contributed by atoms with Crippen LogP contribution in [-0.2, 0) is 10.3 Å². The van der Waals surface area contributed by atoms with Crippen LogP contribution in [-0.4, -0.2) is 17.6 Å². The first-order valence-corrected chi connectivity index (χ1v) is 6.85. The first-order valence-electron chi connectivity index (χ1n) is 6.85. The minimum absolute atomic E-state index is 0.0911. The summed E-state index contributed by atoms with van der Waals surface area (Å²) >= 11 is 0. The third kappa shape index (κ3) is 3.53. The predicted octanol–water partition coefficient (Wildman–Crippen LogP) is 3.05. The minimum atomic E-state index is -0.760. The van der Waals surface area contributed by atoms with Crippen LogP contribution < -0.4 is 5.32 Å². The van der Waals surface area contributed by atoms with Crippen LogP contribution in [0.1, 0.15) is 44.1 Å². The summed E-state index contributed by atoms with van der Waals surface area (Å²) in [6.45, 7) is 0.684. The van der Waals surface area contributed by atoms with E-state index in [1.165, 1.54) is 12.1 Å². The molecule has 1 aromatic rings. The average molecular weight is 265 g/mol. The molecule has 2 N–H and O–H groups in total. The lowest BCUT2D eigenvalue weighted by Crippen LogP contribution is -2.40. The number of carboxylic acid groups (broad SMARTS) is 1. The van der Waals surface area contributed by atoms with Crippen LogP contribution in [0.3, 0.4) is 0 Å². The molecule has 0 aliphatic heterocycles. The number of aliphatic carboxylic acids is 1. The Bertz CT molecular complexity index is 424. The smallest absolute Gasteiger partial charge is 0.303 e. The summed E-state index contributed by atoms with van der Waals surface area (Å²) in [6.07, 6.45) is 5.19. The SMILES string of the molecule is O=C(O)CCCNC1(c2ccc(F)cc2)CCCC1. The summed E-state index contributed by atoms with van der Waals surface area (Å²) < 4.78 is 13.0. The highest BCUT2D eigenvalue weighted by Crippen LogP contribution is 2.38. The molecule has 104 valence electrons. The van der Waals surface area contributed by atoms with Gasteiger partial charge in [-0.05, 0) is 43.5 Å². The van der Waals surface area contributed by atoms with Crippen LogP contribution in [0, 0.1) is 5.82 Å². The van der Waals surface area contributed by atoms with Crippen LogP contribution in [0.15, 0.2) is 24.3 Å². The summed E-state index contributed by atoms with van der Waals surface area (Å²) in [5.41, 5.74) is 1.02. The molecule has 1 saturated carbocycles. The summed E-state index contributed by atoms with van der Waals surface area (Å²) in [4.78, 5) is 10.5. The van der Waals surface area contributed by atoms with Crippen LogP contribution >= 0.6 is 0 Å². The van der Waals surface area contributed by atoms with Gasteiger partial charge in [0.1, 0.15) is 5.82 Å². The van der Waals surface area contributed by atoms with Crippen molar-refractivity contribution in [1.82, 2.24) is 5.32 Å². The van der Waals surface area contributed by atoms with Crippen LogP contribution in [0.5, 0.6) is 0 Å². The second kappa shape index (κ2) is 6.15. The van der Waals surface area contributed by atoms with E-state index in [1.54, 1.807) is 0 Å². The van der Waals surface area contributed by atoms with E-state index in [1.807, 2.05) is 12.1 Å². The Morgan fingerprint density at radius 1 is 1.26 bits per heavy atom. The van der Waals surface area contributed by atoms with Gasteiger partial charge in [-0.25, -0.2) is 4.39 Å². The van der Waals surface area contributed by atoms with Crippen molar-refractivity contribution in [2.45, 2.75) is 44.1 Å². The van der Waals surface area contributed by atoms with Gasteiger partial charge in [-0.1, -0.05) is 25.0 Å². The molecule has 0 spiro atoms. The Morgan fingerprint density at radius 3 is 2.47 bits per heavy atom. The standard InChI is InChI=1S/C15H20FNO2/c16-13-7-5-12(6-8-13)15(9-1-2-10-15)17-11-3-4-14(18)19/h5-8,17H,1-4,9-11H2,(H,18,19). The van der Waals surface area contributed by atoms with Crippen molar-refractivity contribution >= 4 is 5.97 Å². The third-order valence-corrected chi connectivity index (χ3v) is 3.88. The second-order valence-corrected chi connectivity index (χ2v) is 5.22. The maximum absolute atomic E-state index is 13.0. The van der Waals surface area contributed by atoms with Gasteiger partial charge in [0.05, 0.1) is 0 Å². The monoisotopic (exact) mass is 265 g/mol. The molecule has 1 fully saturated rings. The van der Waals surface area contributed by atoms with E-state index < -0.39 is 5.97 Å². The van der Waals surface area contributed by atoms with Gasteiger partial charge in [0.15, 0.2) is 0 Å². The molecule has 1 aliphatic carbocycles. The molecule has 0 aromatic heterocycles. The number of carbonyl (C=O) groups is 1. The number of hydrogen-bond donors (Lipinski definition) is 2. The molecule has 0 radical (unpaired) electrons. The summed E-state index contributed by atoms with van der Waals surface area (Å²) in [5.74, 6) is -0.980. The number of benzene rings is 1. The largest absolute Gasteiger partial charge is 0.481 e. The van der Waals surface area contributed by atoms with E-state index in [9.17, 15) is 9.18 Å². The van der Waals surface area contributed by atoms with Crippen molar-refractivity contribution in [1.29, 1.82) is 0 Å². The fourth-order valence-electron chi connectivity index (χ4n) is 2.88. The first kappa shape index (κ1) is 14.0. The van der Waals surface area contributed by atoms with Crippen molar-refractivity contribution in [2.24, 2.45) is 0 Å². The maximum atomic E-state index is 13.0. The average Bonchev–Trinajstić information content (AvgIpc) is 2.85. The molecule has 0 amide bonds. The number of rotatable bonds is 6. The molecule has 4 heteroatoms. The molecule has 0 unspecified atom stereocenters. The van der Waals surface area contributed by atoms with Gasteiger partial charge >= 0.3 is 5.97 Å². The van der Waals surface area contributed by atoms with Gasteiger partial charge < -0.3 is 10.4 Å². The fourth-order valence-corrected chi connectivity index (χ4v) is 2.88. The summed E-state index contributed by atoms with van der Waals surface area (Å²) in [7, 11) is 0. The van der Waals surface area contributed by atoms with Gasteiger partial charge in [0.2, 0.25) is 0 Å². The van der Waals surface area contributed by atoms with Crippen LogP contribution in [0.4, 0.5) is 4.39 Å². The lowest BCUT2D eigenvalue weighted by atomic mass is 9.88. The number of hydrogen-bond acceptors (Lipinski definition) is 2. The van der Waals surface area contributed by atoms with E-state index >= 15 is 0 Å². The first-order chi connectivity index (χ1) is 9.12. The Hall–Kier alpha value is -1.42. The fraction of sp³-hybridized carbons (Fsp3) is 0.533. The number of carboxylic acids is 1. The van der Waals surface area contributed by atoms with Crippen molar-refractivity contribution in [2.75, 3.05) is 6.54 Å². The lowest BCUT2D eigenvalue weighted by molar-refractivity contribution is -0.137. The van der Waals surface area contributed by atoms with Crippen LogP contribution in [0.25, 0.3) is 0 Å². The Morgan fingerprint density at radius 2 is 1.89 bits per heavy atom. The van der Waals surface area contributed by atoms with E-state index in [0.29, 0.717) is 13.0 Å². The van der Waals surface area contributed by atoms with Crippen LogP contribution in [0.2, 0.25) is 0 Å². The molecule has 1 aliphatic rings.